The molecule has 2 N–H and O–H groups in total. The first-order chi connectivity index (χ1) is 22.5. The Morgan fingerprint density at radius 3 is 2.49 bits per heavy atom. The third kappa shape index (κ3) is 7.20. The number of aryl methyl sites for hydroxylation is 1. The summed E-state index contributed by atoms with van der Waals surface area (Å²) in [5.41, 5.74) is 1.50. The van der Waals surface area contributed by atoms with Gasteiger partial charge in [-0.1, -0.05) is 6.58 Å². The van der Waals surface area contributed by atoms with Crippen LogP contribution in [0.1, 0.15) is 0 Å². The van der Waals surface area contributed by atoms with Crippen LogP contribution in [0.15, 0.2) is 72.4 Å². The van der Waals surface area contributed by atoms with E-state index in [1.165, 1.54) is 40.9 Å². The summed E-state index contributed by atoms with van der Waals surface area (Å²) in [7, 11) is 9.04. The van der Waals surface area contributed by atoms with Gasteiger partial charge in [0.05, 0.1) is 36.1 Å². The van der Waals surface area contributed by atoms with Gasteiger partial charge >= 0.3 is 0 Å². The number of benzene rings is 2. The van der Waals surface area contributed by atoms with Crippen LogP contribution >= 0.6 is 0 Å². The topological polar surface area (TPSA) is 132 Å². The Morgan fingerprint density at radius 1 is 1.04 bits per heavy atom. The van der Waals surface area contributed by atoms with Crippen LogP contribution in [-0.4, -0.2) is 76.5 Å². The molecule has 15 heteroatoms. The Bertz CT molecular complexity index is 2030. The number of nitrogens with zero attached hydrogens (tertiary/aromatic N) is 7. The van der Waals surface area contributed by atoms with Gasteiger partial charge in [-0.05, 0) is 44.4 Å². The number of nitrogens with one attached hydrogen (secondary N) is 2. The number of pyridine rings is 1. The zero-order valence-corrected chi connectivity index (χ0v) is 26.4. The highest BCUT2D eigenvalue weighted by atomic mass is 19.1. The third-order valence-electron chi connectivity index (χ3n) is 7.07. The number of amides is 1. The summed E-state index contributed by atoms with van der Waals surface area (Å²) in [6.07, 6.45) is 5.69. The van der Waals surface area contributed by atoms with E-state index >= 15 is 0 Å². The molecular formula is C32H33F2N9O4. The van der Waals surface area contributed by atoms with Crippen molar-refractivity contribution < 1.29 is 23.0 Å². The van der Waals surface area contributed by atoms with Crippen LogP contribution in [0, 0.1) is 11.6 Å². The van der Waals surface area contributed by atoms with Gasteiger partial charge in [-0.2, -0.15) is 10.1 Å². The molecule has 0 aliphatic carbocycles. The molecular weight excluding hydrogens is 612 g/mol. The lowest BCUT2D eigenvalue weighted by atomic mass is 10.2. The number of halogens is 2. The summed E-state index contributed by atoms with van der Waals surface area (Å²) in [5.74, 6) is -2.19. The Hall–Kier alpha value is -5.83. The number of aromatic nitrogens is 5. The SMILES string of the molecule is C=CC(=O)Nc1cc(Nc2ncc3cc(Oc4ccc(F)cc4F)c(=O)n(-c4cnn(C)c4)c3n2)c(OC)cc1N(C)CCN(C)C. The number of anilines is 4. The lowest BCUT2D eigenvalue weighted by Gasteiger charge is -2.26. The molecule has 0 fully saturated rings. The smallest absolute Gasteiger partial charge is 0.299 e. The molecule has 0 aliphatic rings. The van der Waals surface area contributed by atoms with E-state index in [-0.39, 0.29) is 23.1 Å². The molecule has 13 nitrogen and oxygen atoms in total. The Labute approximate surface area is 268 Å². The summed E-state index contributed by atoms with van der Waals surface area (Å²) in [5, 5.41) is 10.5. The fourth-order valence-electron chi connectivity index (χ4n) is 4.67. The van der Waals surface area contributed by atoms with Crippen LogP contribution in [0.5, 0.6) is 17.2 Å². The number of likely N-dealkylation sites (N-methyl/N-ethyl adjacent to an activating group) is 2. The molecule has 3 aromatic heterocycles. The first kappa shape index (κ1) is 32.6. The van der Waals surface area contributed by atoms with E-state index < -0.39 is 23.1 Å². The van der Waals surface area contributed by atoms with Crippen molar-refractivity contribution in [2.24, 2.45) is 7.05 Å². The monoisotopic (exact) mass is 645 g/mol. The Morgan fingerprint density at radius 2 is 1.83 bits per heavy atom. The molecule has 0 unspecified atom stereocenters. The fraction of sp³-hybridized carbons (Fsp3) is 0.219. The predicted octanol–water partition coefficient (Wildman–Crippen LogP) is 4.46. The normalized spacial score (nSPS) is 11.1. The van der Waals surface area contributed by atoms with Crippen LogP contribution in [0.2, 0.25) is 0 Å². The van der Waals surface area contributed by atoms with E-state index in [2.05, 4.69) is 32.3 Å². The molecule has 0 saturated heterocycles. The highest BCUT2D eigenvalue weighted by Crippen LogP contribution is 2.38. The van der Waals surface area contributed by atoms with Crippen molar-refractivity contribution in [2.45, 2.75) is 0 Å². The lowest BCUT2D eigenvalue weighted by molar-refractivity contribution is -0.111. The maximum atomic E-state index is 14.4. The average Bonchev–Trinajstić information content (AvgIpc) is 3.47. The first-order valence-electron chi connectivity index (χ1n) is 14.3. The van der Waals surface area contributed by atoms with E-state index in [0.717, 1.165) is 18.7 Å². The fourth-order valence-corrected chi connectivity index (χ4v) is 4.67. The number of fused-ring (bicyclic) bond motifs is 1. The highest BCUT2D eigenvalue weighted by molar-refractivity contribution is 6.02. The molecule has 244 valence electrons. The van der Waals surface area contributed by atoms with Crippen LogP contribution in [0.3, 0.4) is 0 Å². The van der Waals surface area contributed by atoms with Gasteiger partial charge < -0.3 is 29.9 Å². The van der Waals surface area contributed by atoms with Gasteiger partial charge in [0.25, 0.3) is 5.56 Å². The Balaban J connectivity index is 1.60. The second-order valence-electron chi connectivity index (χ2n) is 10.8. The number of rotatable bonds is 12. The van der Waals surface area contributed by atoms with Gasteiger partial charge in [-0.15, -0.1) is 0 Å². The van der Waals surface area contributed by atoms with E-state index in [1.54, 1.807) is 25.4 Å². The molecule has 1 amide bonds. The molecule has 0 spiro atoms. The van der Waals surface area contributed by atoms with E-state index in [9.17, 15) is 18.4 Å². The Kier molecular flexibility index (Phi) is 9.46. The zero-order valence-electron chi connectivity index (χ0n) is 26.4. The van der Waals surface area contributed by atoms with Crippen LogP contribution in [0.25, 0.3) is 16.7 Å². The lowest BCUT2D eigenvalue weighted by Crippen LogP contribution is -2.29. The quantitative estimate of drug-likeness (QED) is 0.188. The van der Waals surface area contributed by atoms with Gasteiger partial charge in [0.15, 0.2) is 23.0 Å². The molecule has 0 atom stereocenters. The van der Waals surface area contributed by atoms with E-state index in [1.807, 2.05) is 30.9 Å². The van der Waals surface area contributed by atoms with Crippen molar-refractivity contribution >= 4 is 40.0 Å². The number of methoxy groups -OCH3 is 1. The van der Waals surface area contributed by atoms with Crippen LogP contribution in [-0.2, 0) is 11.8 Å². The molecule has 3 heterocycles. The number of carbonyl (C=O) groups excluding carboxylic acids is 1. The third-order valence-corrected chi connectivity index (χ3v) is 7.07. The van der Waals surface area contributed by atoms with Crippen molar-refractivity contribution in [3.05, 3.63) is 89.6 Å². The summed E-state index contributed by atoms with van der Waals surface area (Å²) < 4.78 is 42.0. The standard InChI is InChI=1S/C32H33F2N9O4/c1-7-29(44)37-23-14-24(27(46-6)15-25(23)41(4)11-10-40(2)3)38-32-35-16-19-12-28(47-26-9-8-20(33)13-22(26)34)31(45)43(30(19)39-32)21-17-36-42(5)18-21/h7-9,12-18H,1,10-11H2,2-6H3,(H,37,44)(H,35,38,39). The molecule has 5 rings (SSSR count). The number of hydrogen-bond donors (Lipinski definition) is 2. The van der Waals surface area contributed by atoms with Crippen LogP contribution < -0.4 is 30.6 Å². The van der Waals surface area contributed by atoms with Crippen LogP contribution in [0.4, 0.5) is 31.8 Å². The van der Waals surface area contributed by atoms with Gasteiger partial charge in [-0.25, -0.2) is 13.8 Å². The minimum absolute atomic E-state index is 0.0980. The first-order valence-corrected chi connectivity index (χ1v) is 14.3. The molecule has 0 bridgehead atoms. The minimum Gasteiger partial charge on any atom is -0.494 e. The summed E-state index contributed by atoms with van der Waals surface area (Å²) in [6, 6.07) is 7.62. The van der Waals surface area contributed by atoms with Crippen molar-refractivity contribution in [3.8, 4) is 22.9 Å². The second-order valence-corrected chi connectivity index (χ2v) is 10.8. The molecule has 47 heavy (non-hydrogen) atoms. The summed E-state index contributed by atoms with van der Waals surface area (Å²) >= 11 is 0. The maximum Gasteiger partial charge on any atom is 0.299 e. The van der Waals surface area contributed by atoms with Gasteiger partial charge in [0.2, 0.25) is 11.9 Å². The molecule has 2 aromatic carbocycles. The molecule has 0 saturated carbocycles. The van der Waals surface area contributed by atoms with Gasteiger partial charge in [0, 0.05) is 57.1 Å². The second kappa shape index (κ2) is 13.7. The minimum atomic E-state index is -0.972. The zero-order chi connectivity index (χ0) is 33.8. The summed E-state index contributed by atoms with van der Waals surface area (Å²) in [4.78, 5) is 39.2. The highest BCUT2D eigenvalue weighted by Gasteiger charge is 2.20. The van der Waals surface area contributed by atoms with Gasteiger partial charge in [-0.3, -0.25) is 18.8 Å². The van der Waals surface area contributed by atoms with Crippen molar-refractivity contribution in [1.82, 2.24) is 29.2 Å². The largest absolute Gasteiger partial charge is 0.494 e. The maximum absolute atomic E-state index is 14.4. The summed E-state index contributed by atoms with van der Waals surface area (Å²) in [6.45, 7) is 4.99. The van der Waals surface area contributed by atoms with E-state index in [4.69, 9.17) is 9.47 Å². The molecule has 0 radical (unpaired) electrons. The van der Waals surface area contributed by atoms with E-state index in [0.29, 0.717) is 46.5 Å². The number of hydrogen-bond acceptors (Lipinski definition) is 10. The number of ether oxygens (including phenoxy) is 2. The van der Waals surface area contributed by atoms with Gasteiger partial charge in [0.1, 0.15) is 11.6 Å². The molecule has 0 aliphatic heterocycles. The van der Waals surface area contributed by atoms with Crippen molar-refractivity contribution in [1.29, 1.82) is 0 Å². The number of carbonyl (C=O) groups is 1. The predicted molar refractivity (Wildman–Crippen MR) is 175 cm³/mol. The molecule has 5 aromatic rings. The van der Waals surface area contributed by atoms with Crippen molar-refractivity contribution in [2.75, 3.05) is 56.9 Å². The van der Waals surface area contributed by atoms with Crippen molar-refractivity contribution in [3.63, 3.8) is 0 Å². The average molecular weight is 646 g/mol.